The zero-order chi connectivity index (χ0) is 19.2. The summed E-state index contributed by atoms with van der Waals surface area (Å²) in [6.45, 7) is 3.10. The first-order valence-corrected chi connectivity index (χ1v) is 9.88. The Morgan fingerprint density at radius 1 is 0.964 bits per heavy atom. The van der Waals surface area contributed by atoms with Crippen molar-refractivity contribution in [2.24, 2.45) is 0 Å². The number of hydrogen-bond donors (Lipinski definition) is 3. The number of halogens is 1. The summed E-state index contributed by atoms with van der Waals surface area (Å²) in [4.78, 5) is 9.91. The van der Waals surface area contributed by atoms with E-state index in [-0.39, 0.29) is 5.82 Å². The van der Waals surface area contributed by atoms with Crippen molar-refractivity contribution in [2.45, 2.75) is 11.3 Å². The van der Waals surface area contributed by atoms with Crippen LogP contribution < -0.4 is 16.0 Å². The third-order valence-electron chi connectivity index (χ3n) is 4.17. The fourth-order valence-corrected chi connectivity index (χ4v) is 3.72. The smallest absolute Gasteiger partial charge is 0.229 e. The quantitative estimate of drug-likeness (QED) is 0.535. The predicted octanol–water partition coefficient (Wildman–Crippen LogP) is 4.36. The number of anilines is 4. The molecular formula is C20H21FN6S. The van der Waals surface area contributed by atoms with Crippen LogP contribution in [-0.2, 0) is 0 Å². The van der Waals surface area contributed by atoms with Gasteiger partial charge in [-0.2, -0.15) is 4.98 Å². The summed E-state index contributed by atoms with van der Waals surface area (Å²) < 4.78 is 15.3. The van der Waals surface area contributed by atoms with Crippen molar-refractivity contribution in [3.8, 4) is 0 Å². The minimum atomic E-state index is -0.270. The van der Waals surface area contributed by atoms with Crippen LogP contribution in [0, 0.1) is 5.82 Å². The molecule has 1 aliphatic heterocycles. The molecule has 4 rings (SSSR count). The normalized spacial score (nSPS) is 14.6. The lowest BCUT2D eigenvalue weighted by Crippen LogP contribution is -2.37. The van der Waals surface area contributed by atoms with Crippen LogP contribution in [0.2, 0.25) is 0 Å². The van der Waals surface area contributed by atoms with E-state index >= 15 is 0 Å². The monoisotopic (exact) mass is 396 g/mol. The van der Waals surface area contributed by atoms with E-state index in [0.717, 1.165) is 31.1 Å². The van der Waals surface area contributed by atoms with Crippen molar-refractivity contribution in [1.82, 2.24) is 19.6 Å². The molecule has 3 N–H and O–H groups in total. The van der Waals surface area contributed by atoms with Gasteiger partial charge < -0.3 is 16.0 Å². The van der Waals surface area contributed by atoms with Crippen molar-refractivity contribution >= 4 is 35.1 Å². The number of rotatable bonds is 6. The molecule has 28 heavy (non-hydrogen) atoms. The van der Waals surface area contributed by atoms with Gasteiger partial charge in [0.1, 0.15) is 11.6 Å². The van der Waals surface area contributed by atoms with Crippen LogP contribution in [0.15, 0.2) is 65.7 Å². The Morgan fingerprint density at radius 2 is 1.71 bits per heavy atom. The Morgan fingerprint density at radius 3 is 2.46 bits per heavy atom. The van der Waals surface area contributed by atoms with Crippen LogP contribution >= 0.6 is 11.9 Å². The SMILES string of the molecule is Fc1ccc(Nc2ccnc(Nc3ccc(SN4CCCNC4)cc3)n2)cc1. The maximum Gasteiger partial charge on any atom is 0.229 e. The van der Waals surface area contributed by atoms with E-state index in [1.807, 2.05) is 12.1 Å². The molecule has 0 spiro atoms. The molecular weight excluding hydrogens is 375 g/mol. The van der Waals surface area contributed by atoms with E-state index in [0.29, 0.717) is 11.8 Å². The Labute approximate surface area is 167 Å². The van der Waals surface area contributed by atoms with Gasteiger partial charge in [0.2, 0.25) is 5.95 Å². The van der Waals surface area contributed by atoms with Crippen molar-refractivity contribution in [1.29, 1.82) is 0 Å². The molecule has 0 aliphatic carbocycles. The first kappa shape index (κ1) is 18.7. The van der Waals surface area contributed by atoms with E-state index in [9.17, 15) is 4.39 Å². The highest BCUT2D eigenvalue weighted by Crippen LogP contribution is 2.25. The first-order chi connectivity index (χ1) is 13.7. The van der Waals surface area contributed by atoms with Gasteiger partial charge in [0.15, 0.2) is 0 Å². The van der Waals surface area contributed by atoms with Crippen molar-refractivity contribution in [3.05, 3.63) is 66.6 Å². The van der Waals surface area contributed by atoms with Gasteiger partial charge in [-0.15, -0.1) is 0 Å². The predicted molar refractivity (Wildman–Crippen MR) is 111 cm³/mol. The molecule has 0 atom stereocenters. The van der Waals surface area contributed by atoms with Gasteiger partial charge in [-0.05, 0) is 79.5 Å². The maximum atomic E-state index is 13.0. The molecule has 8 heteroatoms. The van der Waals surface area contributed by atoms with Crippen LogP contribution in [-0.4, -0.2) is 34.0 Å². The lowest BCUT2D eigenvalue weighted by molar-refractivity contribution is 0.361. The number of hydrogen-bond acceptors (Lipinski definition) is 7. The highest BCUT2D eigenvalue weighted by Gasteiger charge is 2.10. The molecule has 1 fully saturated rings. The second-order valence-corrected chi connectivity index (χ2v) is 7.53. The molecule has 2 heterocycles. The van der Waals surface area contributed by atoms with Gasteiger partial charge in [0, 0.05) is 29.0 Å². The van der Waals surface area contributed by atoms with Gasteiger partial charge >= 0.3 is 0 Å². The second-order valence-electron chi connectivity index (χ2n) is 6.36. The molecule has 0 radical (unpaired) electrons. The topological polar surface area (TPSA) is 65.1 Å². The third-order valence-corrected chi connectivity index (χ3v) is 5.22. The fraction of sp³-hybridized carbons (Fsp3) is 0.200. The van der Waals surface area contributed by atoms with Crippen LogP contribution in [0.5, 0.6) is 0 Å². The summed E-state index contributed by atoms with van der Waals surface area (Å²) >= 11 is 1.76. The summed E-state index contributed by atoms with van der Waals surface area (Å²) in [7, 11) is 0. The van der Waals surface area contributed by atoms with Gasteiger partial charge in [-0.1, -0.05) is 0 Å². The summed E-state index contributed by atoms with van der Waals surface area (Å²) in [6.07, 6.45) is 2.85. The van der Waals surface area contributed by atoms with Gasteiger partial charge in [0.05, 0.1) is 6.67 Å². The van der Waals surface area contributed by atoms with E-state index in [1.54, 1.807) is 36.3 Å². The van der Waals surface area contributed by atoms with Crippen molar-refractivity contribution in [3.63, 3.8) is 0 Å². The maximum absolute atomic E-state index is 13.0. The minimum absolute atomic E-state index is 0.270. The molecule has 0 amide bonds. The van der Waals surface area contributed by atoms with Gasteiger partial charge in [0.25, 0.3) is 0 Å². The third kappa shape index (κ3) is 5.19. The lowest BCUT2D eigenvalue weighted by Gasteiger charge is -2.25. The zero-order valence-corrected chi connectivity index (χ0v) is 16.0. The highest BCUT2D eigenvalue weighted by molar-refractivity contribution is 7.97. The number of nitrogens with zero attached hydrogens (tertiary/aromatic N) is 3. The van der Waals surface area contributed by atoms with Gasteiger partial charge in [-0.3, -0.25) is 0 Å². The molecule has 2 aromatic carbocycles. The fourth-order valence-electron chi connectivity index (χ4n) is 2.79. The number of nitrogens with one attached hydrogen (secondary N) is 3. The molecule has 1 aliphatic rings. The lowest BCUT2D eigenvalue weighted by atomic mass is 10.3. The molecule has 1 aromatic heterocycles. The Kier molecular flexibility index (Phi) is 6.01. The molecule has 0 unspecified atom stereocenters. The molecule has 6 nitrogen and oxygen atoms in total. The molecule has 3 aromatic rings. The largest absolute Gasteiger partial charge is 0.340 e. The average molecular weight is 396 g/mol. The molecule has 0 saturated carbocycles. The van der Waals surface area contributed by atoms with E-state index in [1.165, 1.54) is 23.4 Å². The Hall–Kier alpha value is -2.68. The number of aromatic nitrogens is 2. The Balaban J connectivity index is 1.37. The average Bonchev–Trinajstić information content (AvgIpc) is 2.72. The zero-order valence-electron chi connectivity index (χ0n) is 15.2. The highest BCUT2D eigenvalue weighted by atomic mass is 32.2. The molecule has 0 bridgehead atoms. The summed E-state index contributed by atoms with van der Waals surface area (Å²) in [5.41, 5.74) is 1.68. The Bertz CT molecular complexity index is 897. The van der Waals surface area contributed by atoms with E-state index in [2.05, 4.69) is 42.4 Å². The van der Waals surface area contributed by atoms with Crippen molar-refractivity contribution < 1.29 is 4.39 Å². The number of benzene rings is 2. The van der Waals surface area contributed by atoms with E-state index < -0.39 is 0 Å². The molecule has 144 valence electrons. The molecule has 1 saturated heterocycles. The summed E-state index contributed by atoms with van der Waals surface area (Å²) in [6, 6.07) is 16.1. The summed E-state index contributed by atoms with van der Waals surface area (Å²) in [5.74, 6) is 0.857. The van der Waals surface area contributed by atoms with Crippen LogP contribution in [0.3, 0.4) is 0 Å². The standard InChI is InChI=1S/C20H21FN6S/c21-15-2-4-16(5-3-15)24-19-10-12-23-20(26-19)25-17-6-8-18(9-7-17)28-27-13-1-11-22-14-27/h2-10,12,22H,1,11,13-14H2,(H2,23,24,25,26). The van der Waals surface area contributed by atoms with Gasteiger partial charge in [-0.25, -0.2) is 13.7 Å². The van der Waals surface area contributed by atoms with Crippen LogP contribution in [0.1, 0.15) is 6.42 Å². The summed E-state index contributed by atoms with van der Waals surface area (Å²) in [5, 5.41) is 9.73. The van der Waals surface area contributed by atoms with Crippen LogP contribution in [0.4, 0.5) is 27.5 Å². The second kappa shape index (κ2) is 9.01. The first-order valence-electron chi connectivity index (χ1n) is 9.11. The van der Waals surface area contributed by atoms with E-state index in [4.69, 9.17) is 0 Å². The minimum Gasteiger partial charge on any atom is -0.340 e. The van der Waals surface area contributed by atoms with Crippen LogP contribution in [0.25, 0.3) is 0 Å². The van der Waals surface area contributed by atoms with Crippen molar-refractivity contribution in [2.75, 3.05) is 30.4 Å².